The minimum absolute atomic E-state index is 0.0442. The number of hydrogen-bond acceptors (Lipinski definition) is 8. The molecule has 4 aromatic rings. The summed E-state index contributed by atoms with van der Waals surface area (Å²) in [5.74, 6) is 2.48. The Labute approximate surface area is 232 Å². The zero-order valence-corrected chi connectivity index (χ0v) is 23.3. The Morgan fingerprint density at radius 2 is 1.98 bits per heavy atom. The first-order valence-corrected chi connectivity index (χ1v) is 13.8. The van der Waals surface area contributed by atoms with Crippen molar-refractivity contribution in [1.29, 1.82) is 0 Å². The minimum Gasteiger partial charge on any atom is -0.457 e. The van der Waals surface area contributed by atoms with Gasteiger partial charge in [-0.1, -0.05) is 0 Å². The molecular weight excluding hydrogens is 508 g/mol. The molecule has 0 unspecified atom stereocenters. The van der Waals surface area contributed by atoms with Crippen molar-refractivity contribution < 1.29 is 14.3 Å². The number of nitrogens with one attached hydrogen (secondary N) is 1. The molecule has 1 saturated heterocycles. The lowest BCUT2D eigenvalue weighted by molar-refractivity contribution is -0.116. The predicted molar refractivity (Wildman–Crippen MR) is 151 cm³/mol. The van der Waals surface area contributed by atoms with Crippen molar-refractivity contribution in [2.45, 2.75) is 64.5 Å². The molecule has 0 radical (unpaired) electrons. The molecule has 2 fully saturated rings. The zero-order chi connectivity index (χ0) is 28.0. The van der Waals surface area contributed by atoms with Crippen LogP contribution in [0.3, 0.4) is 0 Å². The maximum absolute atomic E-state index is 13.5. The topological polar surface area (TPSA) is 113 Å². The maximum atomic E-state index is 13.5. The highest BCUT2D eigenvalue weighted by atomic mass is 16.5. The van der Waals surface area contributed by atoms with Gasteiger partial charge in [-0.25, -0.2) is 9.67 Å². The number of rotatable bonds is 9. The Kier molecular flexibility index (Phi) is 6.66. The molecule has 6 rings (SSSR count). The number of aromatic nitrogens is 5. The third-order valence-electron chi connectivity index (χ3n) is 7.46. The number of hydrogen-bond donors (Lipinski definition) is 1. The molecule has 0 amide bonds. The fourth-order valence-corrected chi connectivity index (χ4v) is 5.35. The highest BCUT2D eigenvalue weighted by Crippen LogP contribution is 2.39. The standard InChI is InChI=1S/C30H34N6O4/c1-18(37)11-21-12-23(9-10-31-21)40-22-7-8-24-27(13-22)35(4)29(32-24)33-26-14-25(20-5-6-20)34-36(28(26)38)16-19-15-30(2,3)39-17-19/h7-10,12-14,19-20H,5-6,11,15-17H2,1-4H3,(H,32,33)/t19-/m1/s1. The van der Waals surface area contributed by atoms with E-state index in [1.54, 1.807) is 23.0 Å². The molecule has 4 heterocycles. The van der Waals surface area contributed by atoms with Gasteiger partial charge in [0.1, 0.15) is 23.0 Å². The third-order valence-corrected chi connectivity index (χ3v) is 7.46. The van der Waals surface area contributed by atoms with Gasteiger partial charge in [0.05, 0.1) is 41.2 Å². The lowest BCUT2D eigenvalue weighted by atomic mass is 9.98. The van der Waals surface area contributed by atoms with Crippen LogP contribution in [0.1, 0.15) is 57.3 Å². The van der Waals surface area contributed by atoms with Gasteiger partial charge in [-0.15, -0.1) is 0 Å². The summed E-state index contributed by atoms with van der Waals surface area (Å²) in [7, 11) is 1.90. The highest BCUT2D eigenvalue weighted by Gasteiger charge is 2.33. The minimum atomic E-state index is -0.173. The van der Waals surface area contributed by atoms with Gasteiger partial charge in [0, 0.05) is 43.6 Å². The van der Waals surface area contributed by atoms with E-state index < -0.39 is 0 Å². The summed E-state index contributed by atoms with van der Waals surface area (Å²) in [6.07, 6.45) is 4.97. The molecule has 1 atom stereocenters. The van der Waals surface area contributed by atoms with Gasteiger partial charge in [-0.3, -0.25) is 14.6 Å². The van der Waals surface area contributed by atoms with Crippen LogP contribution < -0.4 is 15.6 Å². The van der Waals surface area contributed by atoms with Crippen LogP contribution in [0.4, 0.5) is 11.6 Å². The van der Waals surface area contributed by atoms with Crippen molar-refractivity contribution in [2.75, 3.05) is 11.9 Å². The molecule has 2 aliphatic rings. The number of nitrogens with zero attached hydrogens (tertiary/aromatic N) is 5. The fraction of sp³-hybridized carbons (Fsp3) is 0.433. The van der Waals surface area contributed by atoms with Crippen LogP contribution in [-0.4, -0.2) is 42.3 Å². The second-order valence-corrected chi connectivity index (χ2v) is 11.6. The van der Waals surface area contributed by atoms with E-state index in [4.69, 9.17) is 19.6 Å². The fourth-order valence-electron chi connectivity index (χ4n) is 5.35. The van der Waals surface area contributed by atoms with Crippen molar-refractivity contribution in [2.24, 2.45) is 13.0 Å². The van der Waals surface area contributed by atoms with E-state index in [0.29, 0.717) is 47.9 Å². The maximum Gasteiger partial charge on any atom is 0.290 e. The predicted octanol–water partition coefficient (Wildman–Crippen LogP) is 4.88. The van der Waals surface area contributed by atoms with E-state index in [-0.39, 0.29) is 29.3 Å². The van der Waals surface area contributed by atoms with Crippen LogP contribution in [0, 0.1) is 5.92 Å². The van der Waals surface area contributed by atoms with E-state index in [1.807, 2.05) is 35.9 Å². The quantitative estimate of drug-likeness (QED) is 0.318. The molecule has 10 heteroatoms. The van der Waals surface area contributed by atoms with Crippen LogP contribution in [-0.2, 0) is 29.5 Å². The number of carbonyl (C=O) groups is 1. The Morgan fingerprint density at radius 1 is 1.18 bits per heavy atom. The van der Waals surface area contributed by atoms with E-state index in [0.717, 1.165) is 36.0 Å². The second kappa shape index (κ2) is 10.2. The zero-order valence-electron chi connectivity index (χ0n) is 23.3. The Balaban J connectivity index is 1.26. The number of pyridine rings is 1. The van der Waals surface area contributed by atoms with Gasteiger partial charge in [0.25, 0.3) is 5.56 Å². The smallest absolute Gasteiger partial charge is 0.290 e. The Morgan fingerprint density at radius 3 is 2.70 bits per heavy atom. The van der Waals surface area contributed by atoms with Crippen molar-refractivity contribution in [3.05, 3.63) is 64.3 Å². The summed E-state index contributed by atoms with van der Waals surface area (Å²) in [4.78, 5) is 34.0. The first kappa shape index (κ1) is 26.2. The van der Waals surface area contributed by atoms with Crippen LogP contribution in [0.25, 0.3) is 11.0 Å². The van der Waals surface area contributed by atoms with Gasteiger partial charge in [0.15, 0.2) is 0 Å². The second-order valence-electron chi connectivity index (χ2n) is 11.6. The Hall–Kier alpha value is -4.05. The number of carbonyl (C=O) groups excluding carboxylic acids is 1. The van der Waals surface area contributed by atoms with Gasteiger partial charge in [-0.2, -0.15) is 5.10 Å². The lowest BCUT2D eigenvalue weighted by Gasteiger charge is -2.16. The number of benzene rings is 1. The number of fused-ring (bicyclic) bond motifs is 1. The average molecular weight is 543 g/mol. The molecule has 10 nitrogen and oxygen atoms in total. The van der Waals surface area contributed by atoms with E-state index in [1.165, 1.54) is 6.92 Å². The summed E-state index contributed by atoms with van der Waals surface area (Å²) < 4.78 is 15.5. The summed E-state index contributed by atoms with van der Waals surface area (Å²) in [5, 5.41) is 8.02. The van der Waals surface area contributed by atoms with Gasteiger partial charge in [-0.05, 0) is 64.3 Å². The molecule has 3 aromatic heterocycles. The summed E-state index contributed by atoms with van der Waals surface area (Å²) in [6.45, 7) is 6.87. The molecule has 0 bridgehead atoms. The summed E-state index contributed by atoms with van der Waals surface area (Å²) >= 11 is 0. The molecule has 1 aliphatic carbocycles. The first-order valence-electron chi connectivity index (χ1n) is 13.8. The molecule has 1 aliphatic heterocycles. The van der Waals surface area contributed by atoms with Crippen LogP contribution in [0.2, 0.25) is 0 Å². The number of imidazole rings is 1. The largest absolute Gasteiger partial charge is 0.457 e. The molecule has 1 N–H and O–H groups in total. The monoisotopic (exact) mass is 542 g/mol. The molecule has 1 aromatic carbocycles. The van der Waals surface area contributed by atoms with Crippen LogP contribution in [0.5, 0.6) is 11.5 Å². The molecular formula is C30H34N6O4. The molecule has 1 saturated carbocycles. The molecule has 40 heavy (non-hydrogen) atoms. The Bertz CT molecular complexity index is 1650. The van der Waals surface area contributed by atoms with E-state index >= 15 is 0 Å². The summed E-state index contributed by atoms with van der Waals surface area (Å²) in [5.41, 5.74) is 3.36. The van der Waals surface area contributed by atoms with Crippen molar-refractivity contribution in [3.63, 3.8) is 0 Å². The number of ether oxygens (including phenoxy) is 2. The molecule has 208 valence electrons. The van der Waals surface area contributed by atoms with E-state index in [9.17, 15) is 9.59 Å². The van der Waals surface area contributed by atoms with Gasteiger partial charge < -0.3 is 19.4 Å². The average Bonchev–Trinajstić information content (AvgIpc) is 3.63. The summed E-state index contributed by atoms with van der Waals surface area (Å²) in [6, 6.07) is 11.0. The van der Waals surface area contributed by atoms with Gasteiger partial charge in [0.2, 0.25) is 5.95 Å². The SMILES string of the molecule is CC(=O)Cc1cc(Oc2ccc3nc(Nc4cc(C5CC5)nn(C[C@@H]5COC(C)(C)C5)c4=O)n(C)c3c2)ccn1. The highest BCUT2D eigenvalue weighted by molar-refractivity contribution is 5.81. The van der Waals surface area contributed by atoms with Crippen LogP contribution in [0.15, 0.2) is 47.4 Å². The molecule has 0 spiro atoms. The van der Waals surface area contributed by atoms with Crippen LogP contribution >= 0.6 is 0 Å². The lowest BCUT2D eigenvalue weighted by Crippen LogP contribution is -2.30. The number of anilines is 2. The normalized spacial score (nSPS) is 18.2. The number of Topliss-reactive ketones (excluding diaryl/α,β-unsaturated/α-hetero) is 1. The first-order chi connectivity index (χ1) is 19.1. The number of ketones is 1. The van der Waals surface area contributed by atoms with Crippen molar-refractivity contribution >= 4 is 28.5 Å². The van der Waals surface area contributed by atoms with Crippen molar-refractivity contribution in [3.8, 4) is 11.5 Å². The van der Waals surface area contributed by atoms with Crippen molar-refractivity contribution in [1.82, 2.24) is 24.3 Å². The van der Waals surface area contributed by atoms with E-state index in [2.05, 4.69) is 24.1 Å². The third kappa shape index (κ3) is 5.62. The number of aryl methyl sites for hydroxylation is 1. The van der Waals surface area contributed by atoms with Gasteiger partial charge >= 0.3 is 0 Å².